The summed E-state index contributed by atoms with van der Waals surface area (Å²) in [5.74, 6) is 1.34. The van der Waals surface area contributed by atoms with Crippen molar-refractivity contribution in [3.05, 3.63) is 83.5 Å². The van der Waals surface area contributed by atoms with Gasteiger partial charge in [-0.2, -0.15) is 0 Å². The molecule has 0 amide bonds. The van der Waals surface area contributed by atoms with Crippen LogP contribution in [0.1, 0.15) is 41.9 Å². The first kappa shape index (κ1) is 17.5. The molecule has 0 bridgehead atoms. The molecule has 0 aromatic heterocycles. The van der Waals surface area contributed by atoms with Gasteiger partial charge in [0, 0.05) is 43.0 Å². The number of hydrogen-bond donors (Lipinski definition) is 0. The van der Waals surface area contributed by atoms with E-state index in [0.29, 0.717) is 17.9 Å². The Morgan fingerprint density at radius 3 is 2.79 bits per heavy atom. The van der Waals surface area contributed by atoms with Gasteiger partial charge in [-0.15, -0.1) is 0 Å². The third kappa shape index (κ3) is 2.97. The van der Waals surface area contributed by atoms with Crippen LogP contribution in [0, 0.1) is 5.92 Å². The molecule has 0 spiro atoms. The fourth-order valence-electron chi connectivity index (χ4n) is 6.17. The van der Waals surface area contributed by atoms with Crippen molar-refractivity contribution in [3.8, 4) is 0 Å². The number of piperidine rings is 1. The van der Waals surface area contributed by atoms with Gasteiger partial charge in [-0.25, -0.2) is 0 Å². The number of likely N-dealkylation sites (tertiary alicyclic amines) is 1. The van der Waals surface area contributed by atoms with Crippen molar-refractivity contribution in [3.63, 3.8) is 0 Å². The Balaban J connectivity index is 1.33. The van der Waals surface area contributed by atoms with Gasteiger partial charge in [0.15, 0.2) is 0 Å². The van der Waals surface area contributed by atoms with E-state index in [1.54, 1.807) is 16.8 Å². The monoisotopic (exact) mass is 382 g/mol. The average molecular weight is 383 g/mol. The summed E-state index contributed by atoms with van der Waals surface area (Å²) < 4.78 is 0. The van der Waals surface area contributed by atoms with Gasteiger partial charge < -0.3 is 9.80 Å². The molecule has 2 aromatic carbocycles. The molecule has 1 unspecified atom stereocenters. The van der Waals surface area contributed by atoms with E-state index in [2.05, 4.69) is 76.6 Å². The maximum absolute atomic E-state index is 2.75. The Morgan fingerprint density at radius 1 is 0.897 bits per heavy atom. The van der Waals surface area contributed by atoms with Gasteiger partial charge in [0.1, 0.15) is 0 Å². The molecule has 2 aromatic rings. The number of hydrogen-bond acceptors (Lipinski definition) is 2. The second-order valence-corrected chi connectivity index (χ2v) is 9.23. The first-order valence-corrected chi connectivity index (χ1v) is 11.4. The van der Waals surface area contributed by atoms with Crippen LogP contribution in [0.15, 0.2) is 66.8 Å². The molecule has 4 aliphatic rings. The number of benzene rings is 2. The van der Waals surface area contributed by atoms with Crippen LogP contribution in [0.5, 0.6) is 0 Å². The summed E-state index contributed by atoms with van der Waals surface area (Å²) in [6, 6.07) is 16.9. The van der Waals surface area contributed by atoms with Crippen LogP contribution in [0.3, 0.4) is 0 Å². The number of anilines is 2. The van der Waals surface area contributed by atoms with E-state index in [-0.39, 0.29) is 0 Å². The lowest BCUT2D eigenvalue weighted by atomic mass is 9.87. The van der Waals surface area contributed by atoms with Gasteiger partial charge in [-0.1, -0.05) is 60.7 Å². The lowest BCUT2D eigenvalue weighted by molar-refractivity contribution is 0.178. The average Bonchev–Trinajstić information content (AvgIpc) is 2.91. The number of para-hydroxylation sites is 2. The standard InChI is InChI=1S/C27H30N2/c1-2-4-9-20(8-3-1)18-28-17-16-26-24(19-28)23-12-7-11-22-15-14-21-10-5-6-13-25(21)29(26)27(22)23/h1-3,5-8,10-13,20,24,26H,4,9,14-19H2/t20?,24-,26+/m0/s1. The minimum atomic E-state index is 0.619. The Labute approximate surface area is 174 Å². The van der Waals surface area contributed by atoms with Crippen molar-refractivity contribution in [1.82, 2.24) is 4.90 Å². The van der Waals surface area contributed by atoms with Crippen LogP contribution >= 0.6 is 0 Å². The summed E-state index contributed by atoms with van der Waals surface area (Å²) in [5.41, 5.74) is 7.70. The number of nitrogens with zero attached hydrogens (tertiary/aromatic N) is 2. The predicted molar refractivity (Wildman–Crippen MR) is 121 cm³/mol. The van der Waals surface area contributed by atoms with E-state index in [4.69, 9.17) is 0 Å². The Bertz CT molecular complexity index is 972. The van der Waals surface area contributed by atoms with E-state index in [0.717, 1.165) is 6.42 Å². The summed E-state index contributed by atoms with van der Waals surface area (Å²) in [6.07, 6.45) is 15.3. The minimum Gasteiger partial charge on any atom is -0.337 e. The van der Waals surface area contributed by atoms with Gasteiger partial charge in [0.05, 0.1) is 0 Å². The number of fused-ring (bicyclic) bond motifs is 5. The zero-order chi connectivity index (χ0) is 19.2. The first-order valence-electron chi connectivity index (χ1n) is 11.4. The lowest BCUT2D eigenvalue weighted by Crippen LogP contribution is -2.46. The van der Waals surface area contributed by atoms with E-state index < -0.39 is 0 Å². The van der Waals surface area contributed by atoms with Crippen molar-refractivity contribution in [2.45, 2.75) is 44.1 Å². The molecule has 3 atom stereocenters. The van der Waals surface area contributed by atoms with Crippen LogP contribution < -0.4 is 4.90 Å². The lowest BCUT2D eigenvalue weighted by Gasteiger charge is -2.40. The van der Waals surface area contributed by atoms with Crippen LogP contribution in [-0.4, -0.2) is 30.6 Å². The number of rotatable bonds is 2. The summed E-state index contributed by atoms with van der Waals surface area (Å²) in [5, 5.41) is 0. The molecular weight excluding hydrogens is 352 g/mol. The molecule has 2 nitrogen and oxygen atoms in total. The van der Waals surface area contributed by atoms with Crippen LogP contribution in [0.2, 0.25) is 0 Å². The Kier molecular flexibility index (Phi) is 4.34. The second kappa shape index (κ2) is 7.18. The third-order valence-corrected chi connectivity index (χ3v) is 7.53. The topological polar surface area (TPSA) is 6.48 Å². The highest BCUT2D eigenvalue weighted by molar-refractivity contribution is 5.79. The molecule has 6 rings (SSSR count). The molecule has 1 saturated heterocycles. The zero-order valence-corrected chi connectivity index (χ0v) is 17.1. The quantitative estimate of drug-likeness (QED) is 0.665. The summed E-state index contributed by atoms with van der Waals surface area (Å²) in [7, 11) is 0. The predicted octanol–water partition coefficient (Wildman–Crippen LogP) is 5.62. The van der Waals surface area contributed by atoms with Gasteiger partial charge in [0.25, 0.3) is 0 Å². The van der Waals surface area contributed by atoms with Crippen molar-refractivity contribution < 1.29 is 0 Å². The van der Waals surface area contributed by atoms with Gasteiger partial charge in [-0.3, -0.25) is 0 Å². The summed E-state index contributed by atoms with van der Waals surface area (Å²) >= 11 is 0. The molecule has 0 radical (unpaired) electrons. The van der Waals surface area contributed by atoms with Crippen molar-refractivity contribution in [2.75, 3.05) is 24.5 Å². The molecular formula is C27H30N2. The zero-order valence-electron chi connectivity index (χ0n) is 17.1. The first-order chi connectivity index (χ1) is 14.4. The molecule has 29 heavy (non-hydrogen) atoms. The molecule has 1 aliphatic carbocycles. The van der Waals surface area contributed by atoms with E-state index >= 15 is 0 Å². The Morgan fingerprint density at radius 2 is 1.79 bits per heavy atom. The highest BCUT2D eigenvalue weighted by atomic mass is 15.2. The normalized spacial score (nSPS) is 27.7. The summed E-state index contributed by atoms with van der Waals surface area (Å²) in [4.78, 5) is 5.49. The number of aryl methyl sites for hydroxylation is 2. The van der Waals surface area contributed by atoms with Crippen molar-refractivity contribution in [1.29, 1.82) is 0 Å². The third-order valence-electron chi connectivity index (χ3n) is 7.53. The highest BCUT2D eigenvalue weighted by Crippen LogP contribution is 2.52. The largest absolute Gasteiger partial charge is 0.337 e. The Hall–Kier alpha value is -2.32. The van der Waals surface area contributed by atoms with Crippen molar-refractivity contribution in [2.24, 2.45) is 5.92 Å². The maximum Gasteiger partial charge on any atom is 0.0483 e. The fraction of sp³-hybridized carbons (Fsp3) is 0.407. The molecule has 2 heteroatoms. The van der Waals surface area contributed by atoms with Crippen LogP contribution in [0.25, 0.3) is 0 Å². The van der Waals surface area contributed by atoms with Gasteiger partial charge in [-0.05, 0) is 60.8 Å². The fourth-order valence-corrected chi connectivity index (χ4v) is 6.17. The number of allylic oxidation sites excluding steroid dienone is 3. The van der Waals surface area contributed by atoms with E-state index in [9.17, 15) is 0 Å². The second-order valence-electron chi connectivity index (χ2n) is 9.23. The minimum absolute atomic E-state index is 0.619. The van der Waals surface area contributed by atoms with E-state index in [1.807, 2.05) is 0 Å². The molecule has 0 saturated carbocycles. The van der Waals surface area contributed by atoms with Gasteiger partial charge in [0.2, 0.25) is 0 Å². The van der Waals surface area contributed by atoms with Crippen molar-refractivity contribution >= 4 is 11.4 Å². The molecule has 148 valence electrons. The van der Waals surface area contributed by atoms with E-state index in [1.165, 1.54) is 56.6 Å². The SMILES string of the molecule is C1=CCCC(CN2CC[C@@H]3[C@@H](C2)c2cccc4c2N3c2ccccc2CC4)C=C1. The van der Waals surface area contributed by atoms with Crippen LogP contribution in [0.4, 0.5) is 11.4 Å². The molecule has 3 aliphatic heterocycles. The molecule has 1 fully saturated rings. The maximum atomic E-state index is 2.75. The summed E-state index contributed by atoms with van der Waals surface area (Å²) in [6.45, 7) is 3.64. The highest BCUT2D eigenvalue weighted by Gasteiger charge is 2.44. The molecule has 3 heterocycles. The molecule has 0 N–H and O–H groups in total. The van der Waals surface area contributed by atoms with Crippen LogP contribution in [-0.2, 0) is 12.8 Å². The van der Waals surface area contributed by atoms with Gasteiger partial charge >= 0.3 is 0 Å². The smallest absolute Gasteiger partial charge is 0.0483 e.